The zero-order valence-electron chi connectivity index (χ0n) is 42.6. The maximum atomic E-state index is 12.8. The first-order valence-electron chi connectivity index (χ1n) is 25.9. The van der Waals surface area contributed by atoms with Gasteiger partial charge in [-0.2, -0.15) is 0 Å². The van der Waals surface area contributed by atoms with Crippen molar-refractivity contribution in [3.63, 3.8) is 0 Å². The Morgan fingerprint density at radius 1 is 0.455 bits per heavy atom. The Kier molecular flexibility index (Phi) is 44.6. The van der Waals surface area contributed by atoms with Crippen LogP contribution in [-0.4, -0.2) is 75.5 Å². The van der Waals surface area contributed by atoms with Crippen molar-refractivity contribution in [1.29, 1.82) is 0 Å². The van der Waals surface area contributed by atoms with E-state index in [1.165, 1.54) is 51.4 Å². The van der Waals surface area contributed by atoms with Gasteiger partial charge in [-0.1, -0.05) is 181 Å². The molecule has 8 nitrogen and oxygen atoms in total. The molecule has 0 saturated carbocycles. The molecule has 0 heterocycles. The highest BCUT2D eigenvalue weighted by molar-refractivity contribution is 5.70. The molecule has 2 unspecified atom stereocenters. The fourth-order valence-corrected chi connectivity index (χ4v) is 6.97. The SMILES string of the molecule is CC/C=C/C/C=C/C/C=C/C/C=C/C/C=C/C/C=C/CCCCCC(=O)OC(COCCC(C(=O)[O-])[N+](C)(C)C)COC(=O)CCCCCCCCCCCC/C=C/C/C=C/C/C=C/CC. The summed E-state index contributed by atoms with van der Waals surface area (Å²) in [6.07, 6.45) is 65.5. The number of esters is 2. The zero-order chi connectivity index (χ0) is 48.4. The summed E-state index contributed by atoms with van der Waals surface area (Å²) in [6.45, 7) is 4.39. The molecule has 0 N–H and O–H groups in total. The third-order valence-electron chi connectivity index (χ3n) is 10.9. The third kappa shape index (κ3) is 45.2. The van der Waals surface area contributed by atoms with Crippen LogP contribution in [0.25, 0.3) is 0 Å². The molecule has 374 valence electrons. The lowest BCUT2D eigenvalue weighted by molar-refractivity contribution is -0.889. The highest BCUT2D eigenvalue weighted by atomic mass is 16.6. The Balaban J connectivity index is 4.34. The molecule has 0 radical (unpaired) electrons. The van der Waals surface area contributed by atoms with Crippen LogP contribution in [-0.2, 0) is 28.6 Å². The van der Waals surface area contributed by atoms with Gasteiger partial charge in [0, 0.05) is 19.3 Å². The van der Waals surface area contributed by atoms with Crippen molar-refractivity contribution in [2.75, 3.05) is 41.0 Å². The van der Waals surface area contributed by atoms with Crippen molar-refractivity contribution in [2.45, 2.75) is 199 Å². The number of aliphatic carboxylic acids is 1. The van der Waals surface area contributed by atoms with E-state index in [2.05, 4.69) is 123 Å². The van der Waals surface area contributed by atoms with Crippen molar-refractivity contribution in [1.82, 2.24) is 0 Å². The Bertz CT molecular complexity index is 1440. The smallest absolute Gasteiger partial charge is 0.306 e. The number of quaternary nitrogens is 1. The molecule has 66 heavy (non-hydrogen) atoms. The Hall–Kier alpha value is -4.01. The number of carbonyl (C=O) groups is 3. The van der Waals surface area contributed by atoms with Crippen LogP contribution in [0, 0.1) is 0 Å². The first-order valence-corrected chi connectivity index (χ1v) is 25.9. The second-order valence-corrected chi connectivity index (χ2v) is 18.0. The lowest BCUT2D eigenvalue weighted by atomic mass is 10.1. The number of likely N-dealkylation sites (N-methyl/N-ethyl adjacent to an activating group) is 1. The molecule has 0 fully saturated rings. The molecule has 0 amide bonds. The Morgan fingerprint density at radius 2 is 0.803 bits per heavy atom. The number of hydrogen-bond acceptors (Lipinski definition) is 7. The molecule has 0 aromatic rings. The topological polar surface area (TPSA) is 102 Å². The highest BCUT2D eigenvalue weighted by Gasteiger charge is 2.25. The van der Waals surface area contributed by atoms with E-state index in [1.54, 1.807) is 21.1 Å². The molecule has 0 spiro atoms. The number of rotatable bonds is 45. The summed E-state index contributed by atoms with van der Waals surface area (Å²) < 4.78 is 17.2. The van der Waals surface area contributed by atoms with E-state index in [4.69, 9.17) is 14.2 Å². The van der Waals surface area contributed by atoms with E-state index in [0.29, 0.717) is 12.8 Å². The standard InChI is InChI=1S/C58H95NO7/c1-6-8-10-12-14-16-18-20-22-24-26-28-29-31-33-35-37-39-41-43-45-47-49-57(61)66-54(52-64-51-50-55(58(62)63)59(3,4)5)53-65-56(60)48-46-44-42-40-38-36-34-32-30-27-25-23-21-19-17-15-13-11-9-7-2/h8-11,14-17,20-23,26,28,31,33,37,39,54-55H,6-7,12-13,18-19,24-25,27,29-30,32,34-36,38,40-53H2,1-5H3/b10-8+,11-9+,16-14+,17-15+,22-20+,23-21+,28-26+,33-31+,39-37+. The summed E-state index contributed by atoms with van der Waals surface area (Å²) in [6, 6.07) is -0.740. The van der Waals surface area contributed by atoms with Crippen molar-refractivity contribution in [3.8, 4) is 0 Å². The van der Waals surface area contributed by atoms with Crippen LogP contribution < -0.4 is 5.11 Å². The average Bonchev–Trinajstić information content (AvgIpc) is 3.28. The molecule has 0 aliphatic rings. The number of carbonyl (C=O) groups excluding carboxylic acids is 3. The second kappa shape index (κ2) is 47.5. The fraction of sp³-hybridized carbons (Fsp3) is 0.638. The molecule has 0 aromatic heterocycles. The van der Waals surface area contributed by atoms with Gasteiger partial charge in [-0.25, -0.2) is 0 Å². The number of allylic oxidation sites excluding steroid dienone is 18. The van der Waals surface area contributed by atoms with Crippen LogP contribution in [0.5, 0.6) is 0 Å². The molecular formula is C58H95NO7. The predicted octanol–water partition coefficient (Wildman–Crippen LogP) is 13.9. The molecule has 2 atom stereocenters. The normalized spacial score (nSPS) is 13.8. The lowest BCUT2D eigenvalue weighted by Gasteiger charge is -2.34. The first kappa shape index (κ1) is 62.0. The van der Waals surface area contributed by atoms with Gasteiger partial charge < -0.3 is 28.6 Å². The summed E-state index contributed by atoms with van der Waals surface area (Å²) in [4.78, 5) is 37.1. The van der Waals surface area contributed by atoms with Gasteiger partial charge in [0.2, 0.25) is 0 Å². The third-order valence-corrected chi connectivity index (χ3v) is 10.9. The van der Waals surface area contributed by atoms with E-state index in [0.717, 1.165) is 96.3 Å². The number of carboxylic acid groups (broad SMARTS) is 1. The molecule has 0 aromatic carbocycles. The van der Waals surface area contributed by atoms with Crippen molar-refractivity contribution in [2.24, 2.45) is 0 Å². The predicted molar refractivity (Wildman–Crippen MR) is 277 cm³/mol. The largest absolute Gasteiger partial charge is 0.544 e. The number of carboxylic acids is 1. The zero-order valence-corrected chi connectivity index (χ0v) is 42.6. The van der Waals surface area contributed by atoms with Crippen molar-refractivity contribution < 1.29 is 38.2 Å². The second-order valence-electron chi connectivity index (χ2n) is 18.0. The van der Waals surface area contributed by atoms with Crippen LogP contribution >= 0.6 is 0 Å². The number of hydrogen-bond donors (Lipinski definition) is 0. The van der Waals surface area contributed by atoms with E-state index < -0.39 is 18.1 Å². The quantitative estimate of drug-likeness (QED) is 0.0259. The minimum atomic E-state index is -1.14. The lowest BCUT2D eigenvalue weighted by Crippen LogP contribution is -2.55. The molecule has 0 rings (SSSR count). The Labute approximate surface area is 404 Å². The van der Waals surface area contributed by atoms with E-state index >= 15 is 0 Å². The van der Waals surface area contributed by atoms with E-state index in [1.807, 2.05) is 0 Å². The van der Waals surface area contributed by atoms with Crippen LogP contribution in [0.3, 0.4) is 0 Å². The van der Waals surface area contributed by atoms with Gasteiger partial charge >= 0.3 is 11.9 Å². The molecule has 0 aliphatic heterocycles. The number of nitrogens with zero attached hydrogens (tertiary/aromatic N) is 1. The van der Waals surface area contributed by atoms with Crippen LogP contribution in [0.1, 0.15) is 187 Å². The van der Waals surface area contributed by atoms with Crippen molar-refractivity contribution >= 4 is 17.9 Å². The van der Waals surface area contributed by atoms with Gasteiger partial charge in [0.25, 0.3) is 0 Å². The molecule has 0 bridgehead atoms. The monoisotopic (exact) mass is 918 g/mol. The van der Waals surface area contributed by atoms with Gasteiger partial charge in [-0.05, 0) is 96.3 Å². The number of unbranched alkanes of at least 4 members (excludes halogenated alkanes) is 13. The van der Waals surface area contributed by atoms with Crippen molar-refractivity contribution in [3.05, 3.63) is 109 Å². The van der Waals surface area contributed by atoms with E-state index in [-0.39, 0.29) is 49.1 Å². The maximum absolute atomic E-state index is 12.8. The van der Waals surface area contributed by atoms with E-state index in [9.17, 15) is 19.5 Å². The Morgan fingerprint density at radius 3 is 1.20 bits per heavy atom. The summed E-state index contributed by atoms with van der Waals surface area (Å²) in [5, 5.41) is 11.7. The fourth-order valence-electron chi connectivity index (χ4n) is 6.97. The first-order chi connectivity index (χ1) is 32.1. The van der Waals surface area contributed by atoms with Gasteiger partial charge in [0.1, 0.15) is 12.6 Å². The molecule has 8 heteroatoms. The van der Waals surface area contributed by atoms with Gasteiger partial charge in [0.05, 0.1) is 40.3 Å². The number of ether oxygens (including phenoxy) is 3. The minimum Gasteiger partial charge on any atom is -0.544 e. The van der Waals surface area contributed by atoms with Crippen LogP contribution in [0.15, 0.2) is 109 Å². The highest BCUT2D eigenvalue weighted by Crippen LogP contribution is 2.14. The van der Waals surface area contributed by atoms with Gasteiger partial charge in [0.15, 0.2) is 6.10 Å². The molecule has 0 saturated heterocycles. The van der Waals surface area contributed by atoms with Gasteiger partial charge in [-0.3, -0.25) is 9.59 Å². The summed E-state index contributed by atoms with van der Waals surface area (Å²) in [5.74, 6) is -1.79. The van der Waals surface area contributed by atoms with Crippen LogP contribution in [0.2, 0.25) is 0 Å². The summed E-state index contributed by atoms with van der Waals surface area (Å²) >= 11 is 0. The summed E-state index contributed by atoms with van der Waals surface area (Å²) in [7, 11) is 5.39. The minimum absolute atomic E-state index is 0.0190. The summed E-state index contributed by atoms with van der Waals surface area (Å²) in [5.41, 5.74) is 0. The van der Waals surface area contributed by atoms with Gasteiger partial charge in [-0.15, -0.1) is 0 Å². The van der Waals surface area contributed by atoms with Crippen LogP contribution in [0.4, 0.5) is 0 Å². The molecular weight excluding hydrogens is 823 g/mol. The maximum Gasteiger partial charge on any atom is 0.306 e. The molecule has 0 aliphatic carbocycles. The average molecular weight is 918 g/mol.